The third-order valence-electron chi connectivity index (χ3n) is 5.02. The first kappa shape index (κ1) is 22.3. The number of ketones is 1. The topological polar surface area (TPSA) is 43.4 Å². The van der Waals surface area contributed by atoms with E-state index >= 15 is 0 Å². The number of hydrogen-bond donors (Lipinski definition) is 0. The first-order valence-electron chi connectivity index (χ1n) is 9.57. The molecular weight excluding hydrogens is 383 g/mol. The molecule has 0 aromatic heterocycles. The molecular formula is C20H23F5O3. The number of benzene rings is 1. The molecule has 1 fully saturated rings. The van der Waals surface area contributed by atoms with Crippen molar-refractivity contribution in [2.45, 2.75) is 70.6 Å². The Labute approximate surface area is 160 Å². The van der Waals surface area contributed by atoms with Crippen molar-refractivity contribution in [1.29, 1.82) is 0 Å². The zero-order valence-corrected chi connectivity index (χ0v) is 15.5. The van der Waals surface area contributed by atoms with E-state index in [0.29, 0.717) is 0 Å². The highest BCUT2D eigenvalue weighted by Crippen LogP contribution is 2.30. The summed E-state index contributed by atoms with van der Waals surface area (Å²) in [5, 5.41) is 0. The van der Waals surface area contributed by atoms with Gasteiger partial charge in [0.1, 0.15) is 5.78 Å². The lowest BCUT2D eigenvalue weighted by Crippen LogP contribution is -2.19. The zero-order chi connectivity index (χ0) is 20.7. The van der Waals surface area contributed by atoms with Crippen LogP contribution in [-0.2, 0) is 9.59 Å². The van der Waals surface area contributed by atoms with Crippen LogP contribution in [0.15, 0.2) is 0 Å². The molecule has 0 N–H and O–H groups in total. The third-order valence-corrected chi connectivity index (χ3v) is 5.02. The van der Waals surface area contributed by atoms with Gasteiger partial charge in [0.15, 0.2) is 0 Å². The molecule has 3 nitrogen and oxygen atoms in total. The molecule has 0 heterocycles. The Morgan fingerprint density at radius 2 is 1.11 bits per heavy atom. The Hall–Kier alpha value is -1.99. The average Bonchev–Trinajstić information content (AvgIpc) is 2.70. The summed E-state index contributed by atoms with van der Waals surface area (Å²) in [6.45, 7) is 0. The van der Waals surface area contributed by atoms with E-state index in [-0.39, 0.29) is 18.1 Å². The summed E-state index contributed by atoms with van der Waals surface area (Å²) in [4.78, 5) is 24.2. The van der Waals surface area contributed by atoms with Gasteiger partial charge in [-0.2, -0.15) is 8.78 Å². The summed E-state index contributed by atoms with van der Waals surface area (Å²) in [6, 6.07) is 0. The van der Waals surface area contributed by atoms with Crippen molar-refractivity contribution >= 4 is 11.8 Å². The van der Waals surface area contributed by atoms with Gasteiger partial charge in [0.25, 0.3) is 0 Å². The predicted octanol–water partition coefficient (Wildman–Crippen LogP) is 5.78. The Morgan fingerprint density at radius 1 is 0.679 bits per heavy atom. The first-order chi connectivity index (χ1) is 13.3. The van der Waals surface area contributed by atoms with Crippen molar-refractivity contribution in [3.05, 3.63) is 29.1 Å². The molecule has 0 aliphatic heterocycles. The molecule has 28 heavy (non-hydrogen) atoms. The van der Waals surface area contributed by atoms with Gasteiger partial charge < -0.3 is 4.74 Å². The van der Waals surface area contributed by atoms with E-state index in [0.717, 1.165) is 51.4 Å². The highest BCUT2D eigenvalue weighted by Gasteiger charge is 2.29. The number of esters is 1. The molecule has 0 spiro atoms. The number of hydrogen-bond acceptors (Lipinski definition) is 3. The predicted molar refractivity (Wildman–Crippen MR) is 91.2 cm³/mol. The minimum absolute atomic E-state index is 0.144. The van der Waals surface area contributed by atoms with Gasteiger partial charge >= 0.3 is 5.97 Å². The van der Waals surface area contributed by atoms with Crippen LogP contribution in [0.3, 0.4) is 0 Å². The second kappa shape index (κ2) is 10.5. The third kappa shape index (κ3) is 5.75. The van der Waals surface area contributed by atoms with Gasteiger partial charge in [0, 0.05) is 12.3 Å². The molecule has 0 radical (unpaired) electrons. The highest BCUT2D eigenvalue weighted by atomic mass is 19.2. The van der Waals surface area contributed by atoms with Crippen molar-refractivity contribution in [3.63, 3.8) is 0 Å². The largest absolute Gasteiger partial charge is 0.420 e. The van der Waals surface area contributed by atoms with E-state index in [2.05, 4.69) is 4.74 Å². The number of carbonyl (C=O) groups is 2. The Morgan fingerprint density at radius 3 is 1.61 bits per heavy atom. The lowest BCUT2D eigenvalue weighted by Gasteiger charge is -2.17. The molecule has 1 aromatic rings. The van der Waals surface area contributed by atoms with E-state index in [9.17, 15) is 31.5 Å². The highest BCUT2D eigenvalue weighted by molar-refractivity contribution is 5.85. The Kier molecular flexibility index (Phi) is 8.38. The molecule has 0 bridgehead atoms. The molecule has 156 valence electrons. The van der Waals surface area contributed by atoms with Crippen LogP contribution in [0.5, 0.6) is 5.75 Å². The molecule has 0 unspecified atom stereocenters. The van der Waals surface area contributed by atoms with Crippen molar-refractivity contribution < 1.29 is 36.3 Å². The maximum atomic E-state index is 13.5. The molecule has 8 heteroatoms. The Balaban J connectivity index is 1.93. The number of ether oxygens (including phenoxy) is 1. The molecule has 2 rings (SSSR count). The van der Waals surface area contributed by atoms with Crippen LogP contribution in [0.4, 0.5) is 22.0 Å². The molecule has 1 aliphatic carbocycles. The van der Waals surface area contributed by atoms with E-state index < -0.39 is 47.2 Å². The summed E-state index contributed by atoms with van der Waals surface area (Å²) in [6.07, 6.45) is 8.17. The average molecular weight is 406 g/mol. The van der Waals surface area contributed by atoms with Crippen LogP contribution in [0, 0.1) is 35.0 Å². The van der Waals surface area contributed by atoms with Gasteiger partial charge in [0.2, 0.25) is 34.8 Å². The SMILES string of the molecule is O=C(CCC(=O)C1CCCCCCCCC1)Oc1c(F)c(F)c(F)c(F)c1F. The summed E-state index contributed by atoms with van der Waals surface area (Å²) in [5.41, 5.74) is 0. The summed E-state index contributed by atoms with van der Waals surface area (Å²) in [7, 11) is 0. The van der Waals surface area contributed by atoms with Gasteiger partial charge in [-0.3, -0.25) is 9.59 Å². The summed E-state index contributed by atoms with van der Waals surface area (Å²) < 4.78 is 70.7. The minimum atomic E-state index is -2.33. The fraction of sp³-hybridized carbons (Fsp3) is 0.600. The quantitative estimate of drug-likeness (QED) is 0.205. The van der Waals surface area contributed by atoms with Crippen molar-refractivity contribution in [1.82, 2.24) is 0 Å². The summed E-state index contributed by atoms with van der Waals surface area (Å²) in [5.74, 6) is -14.4. The number of carbonyl (C=O) groups excluding carboxylic acids is 2. The van der Waals surface area contributed by atoms with E-state index in [1.54, 1.807) is 0 Å². The van der Waals surface area contributed by atoms with Gasteiger partial charge in [-0.1, -0.05) is 44.9 Å². The number of rotatable bonds is 5. The fourth-order valence-electron chi connectivity index (χ4n) is 3.40. The van der Waals surface area contributed by atoms with Gasteiger partial charge in [-0.05, 0) is 12.8 Å². The molecule has 1 saturated carbocycles. The van der Waals surface area contributed by atoms with Crippen LogP contribution in [0.25, 0.3) is 0 Å². The standard InChI is InChI=1S/C20H23F5O3/c21-15-16(22)18(24)20(19(25)17(15)23)28-14(27)11-10-13(26)12-8-6-4-2-1-3-5-7-9-12/h12H,1-11H2. The second-order valence-electron chi connectivity index (χ2n) is 7.09. The van der Waals surface area contributed by atoms with Crippen LogP contribution in [0.2, 0.25) is 0 Å². The van der Waals surface area contributed by atoms with E-state index in [4.69, 9.17) is 0 Å². The Bertz CT molecular complexity index is 681. The maximum Gasteiger partial charge on any atom is 0.311 e. The first-order valence-corrected chi connectivity index (χ1v) is 9.57. The minimum Gasteiger partial charge on any atom is -0.420 e. The monoisotopic (exact) mass is 406 g/mol. The number of halogens is 5. The fourth-order valence-corrected chi connectivity index (χ4v) is 3.40. The van der Waals surface area contributed by atoms with Crippen LogP contribution in [-0.4, -0.2) is 11.8 Å². The lowest BCUT2D eigenvalue weighted by atomic mass is 9.87. The summed E-state index contributed by atoms with van der Waals surface area (Å²) >= 11 is 0. The lowest BCUT2D eigenvalue weighted by molar-refractivity contribution is -0.137. The zero-order valence-electron chi connectivity index (χ0n) is 15.5. The molecule has 1 aliphatic rings. The van der Waals surface area contributed by atoms with E-state index in [1.165, 1.54) is 6.42 Å². The van der Waals surface area contributed by atoms with Crippen LogP contribution >= 0.6 is 0 Å². The van der Waals surface area contributed by atoms with Gasteiger partial charge in [-0.25, -0.2) is 13.2 Å². The van der Waals surface area contributed by atoms with Gasteiger partial charge in [-0.15, -0.1) is 0 Å². The van der Waals surface area contributed by atoms with Crippen molar-refractivity contribution in [2.24, 2.45) is 5.92 Å². The second-order valence-corrected chi connectivity index (χ2v) is 7.09. The van der Waals surface area contributed by atoms with Crippen LogP contribution < -0.4 is 4.74 Å². The number of Topliss-reactive ketones (excluding diaryl/α,β-unsaturated/α-hetero) is 1. The molecule has 0 atom stereocenters. The smallest absolute Gasteiger partial charge is 0.311 e. The molecule has 0 amide bonds. The van der Waals surface area contributed by atoms with Crippen molar-refractivity contribution in [3.8, 4) is 5.75 Å². The van der Waals surface area contributed by atoms with E-state index in [1.807, 2.05) is 0 Å². The van der Waals surface area contributed by atoms with Crippen molar-refractivity contribution in [2.75, 3.05) is 0 Å². The molecule has 0 saturated heterocycles. The maximum absolute atomic E-state index is 13.5. The normalized spacial score (nSPS) is 16.6. The van der Waals surface area contributed by atoms with Crippen LogP contribution in [0.1, 0.15) is 70.6 Å². The molecule has 1 aromatic carbocycles. The van der Waals surface area contributed by atoms with Gasteiger partial charge in [0.05, 0.1) is 6.42 Å².